The molecule has 1 N–H and O–H groups in total. The van der Waals surface area contributed by atoms with E-state index in [9.17, 15) is 5.11 Å². The quantitative estimate of drug-likeness (QED) is 0.453. The van der Waals surface area contributed by atoms with Crippen LogP contribution in [0.5, 0.6) is 0 Å². The van der Waals surface area contributed by atoms with Gasteiger partial charge in [0.25, 0.3) is 0 Å². The Morgan fingerprint density at radius 2 is 1.90 bits per heavy atom. The normalized spacial score (nSPS) is 12.0. The summed E-state index contributed by atoms with van der Waals surface area (Å²) in [4.78, 5) is 0. The zero-order valence-electron chi connectivity index (χ0n) is 17.5. The van der Waals surface area contributed by atoms with Crippen LogP contribution in [0.2, 0.25) is 5.02 Å². The van der Waals surface area contributed by atoms with Crippen LogP contribution < -0.4 is 0 Å². The molecule has 0 aliphatic heterocycles. The molecule has 30 heavy (non-hydrogen) atoms. The maximum atomic E-state index is 9.47. The van der Waals surface area contributed by atoms with Crippen LogP contribution in [-0.2, 0) is 24.9 Å². The fraction of sp³-hybridized carbons (Fsp3) is 0.292. The molecular weight excluding hydrogens is 398 g/mol. The number of fused-ring (bicyclic) bond motifs is 1. The molecule has 4 aromatic rings. The van der Waals surface area contributed by atoms with Crippen molar-refractivity contribution >= 4 is 22.5 Å². The Hall–Kier alpha value is -2.60. The van der Waals surface area contributed by atoms with Crippen LogP contribution >= 0.6 is 11.6 Å². The fourth-order valence-electron chi connectivity index (χ4n) is 3.42. The Morgan fingerprint density at radius 3 is 2.67 bits per heavy atom. The molecule has 0 atom stereocenters. The smallest absolute Gasteiger partial charge is 0.0915 e. The first kappa shape index (κ1) is 20.7. The molecule has 0 aliphatic carbocycles. The molecule has 0 saturated carbocycles. The van der Waals surface area contributed by atoms with Gasteiger partial charge < -0.3 is 14.4 Å². The number of aryl methyl sites for hydroxylation is 1. The van der Waals surface area contributed by atoms with Gasteiger partial charge in [0.05, 0.1) is 36.7 Å². The van der Waals surface area contributed by atoms with Crippen molar-refractivity contribution in [3.8, 4) is 11.3 Å². The van der Waals surface area contributed by atoms with E-state index in [4.69, 9.17) is 21.4 Å². The van der Waals surface area contributed by atoms with Crippen molar-refractivity contribution in [1.82, 2.24) is 14.3 Å². The number of aromatic nitrogens is 3. The third-order valence-corrected chi connectivity index (χ3v) is 5.65. The molecule has 0 amide bonds. The molecule has 2 aromatic carbocycles. The molecule has 6 heteroatoms. The topological polar surface area (TPSA) is 52.2 Å². The first-order valence-electron chi connectivity index (χ1n) is 9.97. The van der Waals surface area contributed by atoms with Crippen LogP contribution in [0.3, 0.4) is 0 Å². The highest BCUT2D eigenvalue weighted by molar-refractivity contribution is 6.31. The maximum Gasteiger partial charge on any atom is 0.0915 e. The summed E-state index contributed by atoms with van der Waals surface area (Å²) in [5.74, 6) is 0. The molecular formula is C24H26ClN3O2. The highest BCUT2D eigenvalue weighted by atomic mass is 35.5. The first-order chi connectivity index (χ1) is 14.4. The van der Waals surface area contributed by atoms with E-state index in [0.717, 1.165) is 33.1 Å². The van der Waals surface area contributed by atoms with Gasteiger partial charge in [-0.2, -0.15) is 5.10 Å². The minimum Gasteiger partial charge on any atom is -0.393 e. The Bertz CT molecular complexity index is 1180. The van der Waals surface area contributed by atoms with Crippen LogP contribution in [0, 0.1) is 0 Å². The molecule has 0 saturated heterocycles. The zero-order valence-corrected chi connectivity index (χ0v) is 18.2. The van der Waals surface area contributed by atoms with E-state index in [-0.39, 0.29) is 6.61 Å². The third-order valence-electron chi connectivity index (χ3n) is 5.28. The van der Waals surface area contributed by atoms with Crippen LogP contribution in [0.25, 0.3) is 22.2 Å². The number of aliphatic hydroxyl groups is 1. The molecule has 0 radical (unpaired) electrons. The van der Waals surface area contributed by atoms with Gasteiger partial charge in [0.15, 0.2) is 0 Å². The molecule has 156 valence electrons. The molecule has 0 aliphatic rings. The van der Waals surface area contributed by atoms with E-state index in [1.807, 2.05) is 49.8 Å². The zero-order chi connectivity index (χ0) is 21.3. The first-order valence-corrected chi connectivity index (χ1v) is 10.3. The lowest BCUT2D eigenvalue weighted by molar-refractivity contribution is -0.0645. The van der Waals surface area contributed by atoms with Crippen molar-refractivity contribution in [2.45, 2.75) is 32.6 Å². The molecule has 4 rings (SSSR count). The minimum absolute atomic E-state index is 0.0512. The number of ether oxygens (including phenoxy) is 1. The predicted molar refractivity (Wildman–Crippen MR) is 121 cm³/mol. The largest absolute Gasteiger partial charge is 0.393 e. The van der Waals surface area contributed by atoms with Gasteiger partial charge in [-0.25, -0.2) is 0 Å². The number of hydrogen-bond donors (Lipinski definition) is 1. The number of hydrogen-bond acceptors (Lipinski definition) is 3. The van der Waals surface area contributed by atoms with Crippen molar-refractivity contribution in [1.29, 1.82) is 0 Å². The fourth-order valence-corrected chi connectivity index (χ4v) is 3.61. The Labute approximate surface area is 181 Å². The van der Waals surface area contributed by atoms with Crippen molar-refractivity contribution in [3.63, 3.8) is 0 Å². The van der Waals surface area contributed by atoms with E-state index in [0.29, 0.717) is 13.2 Å². The summed E-state index contributed by atoms with van der Waals surface area (Å²) in [5.41, 5.74) is 4.44. The lowest BCUT2D eigenvalue weighted by atomic mass is 10.1. The van der Waals surface area contributed by atoms with Crippen LogP contribution in [0.4, 0.5) is 0 Å². The Balaban J connectivity index is 1.74. The van der Waals surface area contributed by atoms with Crippen LogP contribution in [-0.4, -0.2) is 31.7 Å². The molecule has 2 aromatic heterocycles. The molecule has 0 fully saturated rings. The van der Waals surface area contributed by atoms with Gasteiger partial charge >= 0.3 is 0 Å². The van der Waals surface area contributed by atoms with Gasteiger partial charge in [-0.15, -0.1) is 0 Å². The molecule has 0 bridgehead atoms. The third kappa shape index (κ3) is 4.29. The SMILES string of the molecule is Cn1ccc2ccc(-c3cc(COC(C)(C)CO)nn3Cc3ccccc3Cl)cc21. The number of halogens is 1. The molecule has 0 unspecified atom stereocenters. The standard InChI is InChI=1S/C24H26ClN3O2/c1-24(2,16-29)30-15-20-13-23(18-9-8-17-10-11-27(3)22(17)12-18)28(26-20)14-19-6-4-5-7-21(19)25/h4-13,29H,14-16H2,1-3H3. The number of aliphatic hydroxyl groups excluding tert-OH is 1. The number of nitrogens with zero attached hydrogens (tertiary/aromatic N) is 3. The predicted octanol–water partition coefficient (Wildman–Crippen LogP) is 5.03. The summed E-state index contributed by atoms with van der Waals surface area (Å²) in [7, 11) is 2.05. The second kappa shape index (κ2) is 8.26. The van der Waals surface area contributed by atoms with Gasteiger partial charge in [-0.05, 0) is 49.1 Å². The summed E-state index contributed by atoms with van der Waals surface area (Å²) < 4.78 is 9.94. The van der Waals surface area contributed by atoms with Gasteiger partial charge in [0.2, 0.25) is 0 Å². The lowest BCUT2D eigenvalue weighted by Crippen LogP contribution is -2.28. The van der Waals surface area contributed by atoms with Gasteiger partial charge in [0, 0.05) is 29.3 Å². The van der Waals surface area contributed by atoms with E-state index in [2.05, 4.69) is 41.1 Å². The highest BCUT2D eigenvalue weighted by Crippen LogP contribution is 2.28. The average Bonchev–Trinajstić information content (AvgIpc) is 3.31. The average molecular weight is 424 g/mol. The second-order valence-electron chi connectivity index (χ2n) is 8.18. The van der Waals surface area contributed by atoms with Gasteiger partial charge in [-0.1, -0.05) is 41.9 Å². The Morgan fingerprint density at radius 1 is 1.10 bits per heavy atom. The van der Waals surface area contributed by atoms with Crippen molar-refractivity contribution < 1.29 is 9.84 Å². The van der Waals surface area contributed by atoms with Crippen molar-refractivity contribution in [3.05, 3.63) is 77.1 Å². The monoisotopic (exact) mass is 423 g/mol. The second-order valence-corrected chi connectivity index (χ2v) is 8.58. The van der Waals surface area contributed by atoms with E-state index < -0.39 is 5.60 Å². The summed E-state index contributed by atoms with van der Waals surface area (Å²) in [6.45, 7) is 4.55. The summed E-state index contributed by atoms with van der Waals surface area (Å²) in [5, 5.41) is 16.2. The summed E-state index contributed by atoms with van der Waals surface area (Å²) >= 11 is 6.41. The van der Waals surface area contributed by atoms with Gasteiger partial charge in [-0.3, -0.25) is 4.68 Å². The summed E-state index contributed by atoms with van der Waals surface area (Å²) in [6, 6.07) is 18.4. The lowest BCUT2D eigenvalue weighted by Gasteiger charge is -2.21. The summed E-state index contributed by atoms with van der Waals surface area (Å²) in [6.07, 6.45) is 2.06. The molecule has 2 heterocycles. The Kier molecular flexibility index (Phi) is 5.69. The van der Waals surface area contributed by atoms with E-state index in [1.165, 1.54) is 5.39 Å². The van der Waals surface area contributed by atoms with Crippen molar-refractivity contribution in [2.24, 2.45) is 7.05 Å². The van der Waals surface area contributed by atoms with E-state index >= 15 is 0 Å². The van der Waals surface area contributed by atoms with Crippen LogP contribution in [0.1, 0.15) is 25.1 Å². The minimum atomic E-state index is -0.616. The van der Waals surface area contributed by atoms with Crippen molar-refractivity contribution in [2.75, 3.05) is 6.61 Å². The maximum absolute atomic E-state index is 9.47. The van der Waals surface area contributed by atoms with Crippen LogP contribution in [0.15, 0.2) is 60.8 Å². The van der Waals surface area contributed by atoms with Gasteiger partial charge in [0.1, 0.15) is 0 Å². The number of rotatable bonds is 7. The molecule has 0 spiro atoms. The molecule has 5 nitrogen and oxygen atoms in total. The van der Waals surface area contributed by atoms with E-state index in [1.54, 1.807) is 0 Å². The highest BCUT2D eigenvalue weighted by Gasteiger charge is 2.19. The number of benzene rings is 2.